The van der Waals surface area contributed by atoms with Gasteiger partial charge in [-0.05, 0) is 44.0 Å². The Morgan fingerprint density at radius 1 is 1.23 bits per heavy atom. The molecule has 1 saturated heterocycles. The highest BCUT2D eigenvalue weighted by Crippen LogP contribution is 2.28. The zero-order valence-corrected chi connectivity index (χ0v) is 18.8. The number of carbonyl (C=O) groups is 2. The predicted molar refractivity (Wildman–Crippen MR) is 116 cm³/mol. The van der Waals surface area contributed by atoms with E-state index < -0.39 is 15.9 Å². The van der Waals surface area contributed by atoms with Crippen LogP contribution < -0.4 is 10.2 Å². The average molecular weight is 449 g/mol. The van der Waals surface area contributed by atoms with E-state index in [-0.39, 0.29) is 29.7 Å². The van der Waals surface area contributed by atoms with Gasteiger partial charge < -0.3 is 14.7 Å². The normalized spacial score (nSPS) is 16.8. The molecule has 0 saturated carbocycles. The van der Waals surface area contributed by atoms with Crippen molar-refractivity contribution in [1.82, 2.24) is 9.46 Å². The number of anilines is 2. The van der Waals surface area contributed by atoms with Crippen LogP contribution in [0.15, 0.2) is 39.8 Å². The molecule has 0 radical (unpaired) electrons. The summed E-state index contributed by atoms with van der Waals surface area (Å²) in [5.41, 5.74) is 0.564. The van der Waals surface area contributed by atoms with Crippen molar-refractivity contribution in [3.63, 3.8) is 0 Å². The van der Waals surface area contributed by atoms with Gasteiger partial charge in [-0.25, -0.2) is 8.42 Å². The van der Waals surface area contributed by atoms with Gasteiger partial charge in [0.15, 0.2) is 5.82 Å². The molecule has 0 aliphatic carbocycles. The van der Waals surface area contributed by atoms with E-state index in [1.165, 1.54) is 21.3 Å². The van der Waals surface area contributed by atoms with Crippen LogP contribution in [0.3, 0.4) is 0 Å². The molecule has 1 N–H and O–H groups in total. The average Bonchev–Trinajstić information content (AvgIpc) is 3.33. The van der Waals surface area contributed by atoms with Crippen molar-refractivity contribution < 1.29 is 22.5 Å². The number of nitrogens with zero attached hydrogens (tertiary/aromatic N) is 3. The summed E-state index contributed by atoms with van der Waals surface area (Å²) in [5.74, 6) is -0.140. The van der Waals surface area contributed by atoms with Gasteiger partial charge in [-0.2, -0.15) is 4.31 Å². The SMILES string of the molecule is CCCN(CCC)S(=O)(=O)c1ccc(N2C[C@H](C(=O)Nc3cc(C)on3)CC2=O)cc1. The van der Waals surface area contributed by atoms with E-state index in [9.17, 15) is 18.0 Å². The molecule has 10 heteroatoms. The number of rotatable bonds is 9. The third kappa shape index (κ3) is 5.13. The predicted octanol–water partition coefficient (Wildman–Crippen LogP) is 2.79. The molecular weight excluding hydrogens is 420 g/mol. The molecule has 2 heterocycles. The molecule has 2 amide bonds. The van der Waals surface area contributed by atoms with E-state index in [2.05, 4.69) is 10.5 Å². The first-order valence-electron chi connectivity index (χ1n) is 10.4. The van der Waals surface area contributed by atoms with E-state index >= 15 is 0 Å². The van der Waals surface area contributed by atoms with Gasteiger partial charge in [0, 0.05) is 37.8 Å². The minimum absolute atomic E-state index is 0.0729. The second-order valence-corrected chi connectivity index (χ2v) is 9.55. The number of aryl methyl sites for hydroxylation is 1. The van der Waals surface area contributed by atoms with Gasteiger partial charge in [0.1, 0.15) is 5.76 Å². The summed E-state index contributed by atoms with van der Waals surface area (Å²) in [6.45, 7) is 6.74. The van der Waals surface area contributed by atoms with Gasteiger partial charge in [-0.15, -0.1) is 0 Å². The maximum atomic E-state index is 12.9. The highest BCUT2D eigenvalue weighted by Gasteiger charge is 2.35. The molecule has 2 aromatic rings. The first-order chi connectivity index (χ1) is 14.8. The van der Waals surface area contributed by atoms with Crippen LogP contribution in [0.25, 0.3) is 0 Å². The Morgan fingerprint density at radius 2 is 1.87 bits per heavy atom. The van der Waals surface area contributed by atoms with Gasteiger partial charge in [0.2, 0.25) is 21.8 Å². The van der Waals surface area contributed by atoms with Crippen LogP contribution in [0.2, 0.25) is 0 Å². The monoisotopic (exact) mass is 448 g/mol. The van der Waals surface area contributed by atoms with Crippen molar-refractivity contribution in [2.24, 2.45) is 5.92 Å². The van der Waals surface area contributed by atoms with E-state index in [4.69, 9.17) is 4.52 Å². The van der Waals surface area contributed by atoms with Crippen LogP contribution >= 0.6 is 0 Å². The summed E-state index contributed by atoms with van der Waals surface area (Å²) in [6.07, 6.45) is 1.54. The molecule has 1 atom stereocenters. The summed E-state index contributed by atoms with van der Waals surface area (Å²) in [7, 11) is -3.59. The first-order valence-corrected chi connectivity index (χ1v) is 11.8. The Kier molecular flexibility index (Phi) is 7.11. The quantitative estimate of drug-likeness (QED) is 0.631. The lowest BCUT2D eigenvalue weighted by atomic mass is 10.1. The lowest BCUT2D eigenvalue weighted by Gasteiger charge is -2.22. The fourth-order valence-electron chi connectivity index (χ4n) is 3.58. The highest BCUT2D eigenvalue weighted by atomic mass is 32.2. The van der Waals surface area contributed by atoms with Crippen molar-refractivity contribution in [3.8, 4) is 0 Å². The van der Waals surface area contributed by atoms with Gasteiger partial charge in [0.05, 0.1) is 10.8 Å². The molecule has 0 spiro atoms. The summed E-state index contributed by atoms with van der Waals surface area (Å²) in [6, 6.07) is 7.86. The third-order valence-corrected chi connectivity index (χ3v) is 7.02. The van der Waals surface area contributed by atoms with Crippen LogP contribution in [0, 0.1) is 12.8 Å². The second kappa shape index (κ2) is 9.61. The number of aromatic nitrogens is 1. The third-order valence-electron chi connectivity index (χ3n) is 5.11. The van der Waals surface area contributed by atoms with E-state index in [1.807, 2.05) is 13.8 Å². The number of benzene rings is 1. The zero-order chi connectivity index (χ0) is 22.6. The van der Waals surface area contributed by atoms with Crippen LogP contribution in [0.1, 0.15) is 38.9 Å². The smallest absolute Gasteiger partial charge is 0.243 e. The van der Waals surface area contributed by atoms with Crippen LogP contribution in [-0.2, 0) is 19.6 Å². The molecule has 0 bridgehead atoms. The summed E-state index contributed by atoms with van der Waals surface area (Å²) < 4.78 is 32.2. The summed E-state index contributed by atoms with van der Waals surface area (Å²) in [5, 5.41) is 6.39. The topological polar surface area (TPSA) is 113 Å². The van der Waals surface area contributed by atoms with E-state index in [0.717, 1.165) is 12.8 Å². The van der Waals surface area contributed by atoms with Crippen molar-refractivity contribution >= 4 is 33.3 Å². The Bertz CT molecular complexity index is 1030. The molecule has 1 aliphatic rings. The van der Waals surface area contributed by atoms with Crippen molar-refractivity contribution in [3.05, 3.63) is 36.1 Å². The second-order valence-electron chi connectivity index (χ2n) is 7.62. The number of hydrogen-bond acceptors (Lipinski definition) is 6. The van der Waals surface area contributed by atoms with Crippen LogP contribution in [0.5, 0.6) is 0 Å². The van der Waals surface area contributed by atoms with Gasteiger partial charge in [0.25, 0.3) is 0 Å². The highest BCUT2D eigenvalue weighted by molar-refractivity contribution is 7.89. The molecule has 1 aromatic carbocycles. The van der Waals surface area contributed by atoms with Crippen LogP contribution in [-0.4, -0.2) is 49.3 Å². The number of hydrogen-bond donors (Lipinski definition) is 1. The first kappa shape index (κ1) is 23.0. The molecule has 168 valence electrons. The van der Waals surface area contributed by atoms with Gasteiger partial charge in [-0.3, -0.25) is 9.59 Å². The molecule has 1 fully saturated rings. The van der Waals surface area contributed by atoms with Crippen molar-refractivity contribution in [1.29, 1.82) is 0 Å². The Labute approximate surface area is 182 Å². The molecule has 31 heavy (non-hydrogen) atoms. The molecule has 1 aliphatic heterocycles. The maximum absolute atomic E-state index is 12.9. The minimum atomic E-state index is -3.59. The zero-order valence-electron chi connectivity index (χ0n) is 18.0. The van der Waals surface area contributed by atoms with E-state index in [1.54, 1.807) is 25.1 Å². The van der Waals surface area contributed by atoms with Gasteiger partial charge >= 0.3 is 0 Å². The fraction of sp³-hybridized carbons (Fsp3) is 0.476. The van der Waals surface area contributed by atoms with Crippen molar-refractivity contribution in [2.45, 2.75) is 44.9 Å². The molecular formula is C21H28N4O5S. The standard InChI is InChI=1S/C21H28N4O5S/c1-4-10-24(11-5-2)31(28,29)18-8-6-17(7-9-18)25-14-16(13-20(25)26)21(27)22-19-12-15(3)30-23-19/h6-9,12,16H,4-5,10-11,13-14H2,1-3H3,(H,22,23,27)/t16-/m1/s1. The fourth-order valence-corrected chi connectivity index (χ4v) is 5.21. The lowest BCUT2D eigenvalue weighted by Crippen LogP contribution is -2.32. The van der Waals surface area contributed by atoms with Crippen molar-refractivity contribution in [2.75, 3.05) is 29.9 Å². The Balaban J connectivity index is 1.70. The number of carbonyl (C=O) groups excluding carboxylic acids is 2. The van der Waals surface area contributed by atoms with E-state index in [0.29, 0.717) is 30.4 Å². The number of sulfonamides is 1. The molecule has 0 unspecified atom stereocenters. The minimum Gasteiger partial charge on any atom is -0.360 e. The summed E-state index contributed by atoms with van der Waals surface area (Å²) >= 11 is 0. The van der Waals surface area contributed by atoms with Crippen LogP contribution in [0.4, 0.5) is 11.5 Å². The molecule has 3 rings (SSSR count). The van der Waals surface area contributed by atoms with Gasteiger partial charge in [-0.1, -0.05) is 19.0 Å². The maximum Gasteiger partial charge on any atom is 0.243 e. The Hall–Kier alpha value is -2.72. The summed E-state index contributed by atoms with van der Waals surface area (Å²) in [4.78, 5) is 26.7. The lowest BCUT2D eigenvalue weighted by molar-refractivity contribution is -0.122. The number of amides is 2. The Morgan fingerprint density at radius 3 is 2.42 bits per heavy atom. The number of nitrogens with one attached hydrogen (secondary N) is 1. The molecule has 1 aromatic heterocycles. The largest absolute Gasteiger partial charge is 0.360 e. The molecule has 9 nitrogen and oxygen atoms in total.